The summed E-state index contributed by atoms with van der Waals surface area (Å²) in [4.78, 5) is 11.1. The summed E-state index contributed by atoms with van der Waals surface area (Å²) in [6.45, 7) is 2.30. The van der Waals surface area contributed by atoms with E-state index in [1.165, 1.54) is 12.1 Å². The van der Waals surface area contributed by atoms with Gasteiger partial charge in [-0.15, -0.1) is 0 Å². The molecule has 0 atom stereocenters. The third kappa shape index (κ3) is 5.25. The zero-order valence-corrected chi connectivity index (χ0v) is 18.8. The number of hydrogen-bond donors (Lipinski definition) is 2. The molecule has 0 spiro atoms. The lowest BCUT2D eigenvalue weighted by atomic mass is 9.98. The molecular weight excluding hydrogens is 457 g/mol. The number of benzene rings is 1. The van der Waals surface area contributed by atoms with Crippen LogP contribution in [0.15, 0.2) is 40.6 Å². The normalized spacial score (nSPS) is 19.7. The van der Waals surface area contributed by atoms with Crippen molar-refractivity contribution in [3.63, 3.8) is 0 Å². The molecule has 0 aliphatic carbocycles. The van der Waals surface area contributed by atoms with Crippen molar-refractivity contribution in [3.8, 4) is 0 Å². The highest BCUT2D eigenvalue weighted by Crippen LogP contribution is 2.26. The van der Waals surface area contributed by atoms with Gasteiger partial charge >= 0.3 is 0 Å². The lowest BCUT2D eigenvalue weighted by Gasteiger charge is -2.25. The summed E-state index contributed by atoms with van der Waals surface area (Å²) < 4.78 is 36.5. The molecule has 0 bridgehead atoms. The van der Waals surface area contributed by atoms with Gasteiger partial charge in [0, 0.05) is 49.8 Å². The second kappa shape index (κ2) is 9.51. The Morgan fingerprint density at radius 2 is 2.06 bits per heavy atom. The molecule has 170 valence electrons. The van der Waals surface area contributed by atoms with Crippen molar-refractivity contribution in [1.29, 1.82) is 0 Å². The minimum atomic E-state index is -2.89. The Labute approximate surface area is 190 Å². The fourth-order valence-corrected chi connectivity index (χ4v) is 5.30. The van der Waals surface area contributed by atoms with Gasteiger partial charge in [-0.05, 0) is 23.8 Å². The zero-order chi connectivity index (χ0) is 22.7. The van der Waals surface area contributed by atoms with Gasteiger partial charge in [0.25, 0.3) is 0 Å². The summed E-state index contributed by atoms with van der Waals surface area (Å²) in [5.74, 6) is 1.31. The number of anilines is 1. The monoisotopic (exact) mass is 479 g/mol. The van der Waals surface area contributed by atoms with Gasteiger partial charge in [-0.3, -0.25) is 9.89 Å². The van der Waals surface area contributed by atoms with Crippen LogP contribution in [0, 0.1) is 5.82 Å². The molecule has 0 amide bonds. The van der Waals surface area contributed by atoms with Crippen LogP contribution in [0.25, 0.3) is 0 Å². The fraction of sp³-hybridized carbons (Fsp3) is 0.381. The SMILES string of the molecule is O=S1(=O)CCN(CCN=C2Cc3c(/C(Cc4ccc(F)c(Cl)c4)=N/O)ccnc3N2)CC1. The molecule has 0 radical (unpaired) electrons. The van der Waals surface area contributed by atoms with Crippen molar-refractivity contribution in [2.75, 3.05) is 43.0 Å². The van der Waals surface area contributed by atoms with Gasteiger partial charge < -0.3 is 10.5 Å². The van der Waals surface area contributed by atoms with Crippen LogP contribution in [-0.2, 0) is 22.7 Å². The average Bonchev–Trinajstić information content (AvgIpc) is 3.19. The number of pyridine rings is 1. The summed E-state index contributed by atoms with van der Waals surface area (Å²) in [5.41, 5.74) is 2.75. The molecule has 3 heterocycles. The number of aromatic nitrogens is 1. The number of aliphatic imine (C=N–C) groups is 1. The molecule has 1 aromatic carbocycles. The van der Waals surface area contributed by atoms with Crippen molar-refractivity contribution in [3.05, 3.63) is 58.0 Å². The van der Waals surface area contributed by atoms with Crippen LogP contribution in [0.5, 0.6) is 0 Å². The maximum Gasteiger partial charge on any atom is 0.152 e. The van der Waals surface area contributed by atoms with Crippen LogP contribution in [-0.4, -0.2) is 72.7 Å². The van der Waals surface area contributed by atoms with Gasteiger partial charge in [-0.1, -0.05) is 22.8 Å². The summed E-state index contributed by atoms with van der Waals surface area (Å²) in [6.07, 6.45) is 2.41. The molecule has 4 rings (SSSR count). The average molecular weight is 480 g/mol. The number of hydrogen-bond acceptors (Lipinski definition) is 7. The fourth-order valence-electron chi connectivity index (χ4n) is 3.82. The molecule has 1 saturated heterocycles. The second-order valence-corrected chi connectivity index (χ2v) is 10.5. The molecule has 0 saturated carbocycles. The predicted molar refractivity (Wildman–Crippen MR) is 122 cm³/mol. The van der Waals surface area contributed by atoms with Gasteiger partial charge in [0.05, 0.1) is 28.8 Å². The molecule has 11 heteroatoms. The van der Waals surface area contributed by atoms with E-state index in [9.17, 15) is 18.0 Å². The molecule has 0 unspecified atom stereocenters. The van der Waals surface area contributed by atoms with Crippen LogP contribution in [0.4, 0.5) is 10.2 Å². The number of rotatable bonds is 6. The minimum absolute atomic E-state index is 0.0159. The van der Waals surface area contributed by atoms with E-state index in [-0.39, 0.29) is 22.9 Å². The number of sulfone groups is 1. The summed E-state index contributed by atoms with van der Waals surface area (Å²) in [5, 5.41) is 16.3. The van der Waals surface area contributed by atoms with Crippen molar-refractivity contribution < 1.29 is 18.0 Å². The van der Waals surface area contributed by atoms with Crippen molar-refractivity contribution in [2.45, 2.75) is 12.8 Å². The Morgan fingerprint density at radius 3 is 2.78 bits per heavy atom. The van der Waals surface area contributed by atoms with Crippen molar-refractivity contribution in [2.24, 2.45) is 10.1 Å². The quantitative estimate of drug-likeness (QED) is 0.374. The summed E-state index contributed by atoms with van der Waals surface area (Å²) >= 11 is 5.87. The zero-order valence-electron chi connectivity index (χ0n) is 17.3. The van der Waals surface area contributed by atoms with Crippen LogP contribution >= 0.6 is 11.6 Å². The number of nitrogens with zero attached hydrogens (tertiary/aromatic N) is 4. The highest BCUT2D eigenvalue weighted by molar-refractivity contribution is 7.91. The third-order valence-electron chi connectivity index (χ3n) is 5.61. The van der Waals surface area contributed by atoms with Gasteiger partial charge in [0.2, 0.25) is 0 Å². The Kier molecular flexibility index (Phi) is 6.73. The van der Waals surface area contributed by atoms with E-state index < -0.39 is 15.7 Å². The van der Waals surface area contributed by atoms with E-state index in [1.807, 2.05) is 0 Å². The van der Waals surface area contributed by atoms with Crippen molar-refractivity contribution in [1.82, 2.24) is 9.88 Å². The number of nitrogens with one attached hydrogen (secondary N) is 1. The summed E-state index contributed by atoms with van der Waals surface area (Å²) in [7, 11) is -2.89. The number of oxime groups is 1. The molecule has 2 N–H and O–H groups in total. The first-order chi connectivity index (χ1) is 15.3. The molecular formula is C21H23ClFN5O3S. The van der Waals surface area contributed by atoms with Gasteiger partial charge in [-0.25, -0.2) is 17.8 Å². The smallest absolute Gasteiger partial charge is 0.152 e. The van der Waals surface area contributed by atoms with Gasteiger partial charge in [-0.2, -0.15) is 0 Å². The minimum Gasteiger partial charge on any atom is -0.411 e. The molecule has 2 aliphatic heterocycles. The van der Waals surface area contributed by atoms with Crippen LogP contribution in [0.2, 0.25) is 5.02 Å². The van der Waals surface area contributed by atoms with E-state index in [0.717, 1.165) is 22.5 Å². The Bertz CT molecular complexity index is 1170. The number of fused-ring (bicyclic) bond motifs is 1. The number of amidine groups is 1. The van der Waals surface area contributed by atoms with Gasteiger partial charge in [0.15, 0.2) is 9.84 Å². The second-order valence-electron chi connectivity index (χ2n) is 7.78. The Hall–Kier alpha value is -2.56. The molecule has 1 aromatic heterocycles. The van der Waals surface area contributed by atoms with E-state index in [1.54, 1.807) is 18.3 Å². The maximum absolute atomic E-state index is 13.4. The molecule has 1 fully saturated rings. The topological polar surface area (TPSA) is 107 Å². The highest BCUT2D eigenvalue weighted by Gasteiger charge is 2.24. The largest absolute Gasteiger partial charge is 0.411 e. The lowest BCUT2D eigenvalue weighted by Crippen LogP contribution is -2.41. The Balaban J connectivity index is 1.43. The summed E-state index contributed by atoms with van der Waals surface area (Å²) in [6, 6.07) is 6.18. The number of halogens is 2. The van der Waals surface area contributed by atoms with E-state index in [2.05, 4.69) is 25.3 Å². The first-order valence-electron chi connectivity index (χ1n) is 10.2. The van der Waals surface area contributed by atoms with E-state index in [4.69, 9.17) is 11.6 Å². The highest BCUT2D eigenvalue weighted by atomic mass is 35.5. The third-order valence-corrected chi connectivity index (χ3v) is 7.50. The molecule has 2 aliphatic rings. The lowest BCUT2D eigenvalue weighted by molar-refractivity contribution is 0.304. The van der Waals surface area contributed by atoms with Crippen LogP contribution in [0.1, 0.15) is 16.7 Å². The van der Waals surface area contributed by atoms with Gasteiger partial charge in [0.1, 0.15) is 17.5 Å². The Morgan fingerprint density at radius 1 is 1.28 bits per heavy atom. The van der Waals surface area contributed by atoms with Crippen molar-refractivity contribution >= 4 is 38.8 Å². The van der Waals surface area contributed by atoms with E-state index in [0.29, 0.717) is 44.1 Å². The standard InChI is InChI=1S/C21H23ClFN5O3S/c22-17-11-14(1-2-18(17)23)12-19(27-29)15-3-4-25-21-16(15)13-20(26-21)24-5-6-28-7-9-32(30,31)10-8-28/h1-4,11,29H,5-10,12-13H2,(H,24,25,26)/b27-19+. The maximum atomic E-state index is 13.4. The van der Waals surface area contributed by atoms with Crippen LogP contribution in [0.3, 0.4) is 0 Å². The first-order valence-corrected chi connectivity index (χ1v) is 12.4. The molecule has 2 aromatic rings. The molecule has 8 nitrogen and oxygen atoms in total. The predicted octanol–water partition coefficient (Wildman–Crippen LogP) is 2.39. The van der Waals surface area contributed by atoms with Crippen LogP contribution < -0.4 is 5.32 Å². The first kappa shape index (κ1) is 22.6. The molecule has 32 heavy (non-hydrogen) atoms. The van der Waals surface area contributed by atoms with E-state index >= 15 is 0 Å².